The van der Waals surface area contributed by atoms with E-state index < -0.39 is 10.1 Å². The van der Waals surface area contributed by atoms with Gasteiger partial charge >= 0.3 is 10.1 Å². The van der Waals surface area contributed by atoms with Gasteiger partial charge in [-0.05, 0) is 30.3 Å². The molecule has 4 rings (SSSR count). The zero-order chi connectivity index (χ0) is 16.7. The van der Waals surface area contributed by atoms with Crippen molar-refractivity contribution in [2.75, 3.05) is 5.73 Å². The molecule has 0 spiro atoms. The Balaban J connectivity index is 1.82. The van der Waals surface area contributed by atoms with Crippen molar-refractivity contribution in [1.29, 1.82) is 0 Å². The molecule has 8 heteroatoms. The summed E-state index contributed by atoms with van der Waals surface area (Å²) in [5.74, 6) is 0.280. The van der Waals surface area contributed by atoms with Crippen molar-refractivity contribution >= 4 is 21.9 Å². The van der Waals surface area contributed by atoms with E-state index in [1.54, 1.807) is 35.1 Å². The van der Waals surface area contributed by atoms with Crippen LogP contribution in [0.3, 0.4) is 0 Å². The van der Waals surface area contributed by atoms with Gasteiger partial charge in [-0.2, -0.15) is 8.42 Å². The topological polar surface area (TPSA) is 100 Å². The molecule has 2 N–H and O–H groups in total. The minimum Gasteiger partial charge on any atom is -0.398 e. The van der Waals surface area contributed by atoms with Crippen molar-refractivity contribution in [1.82, 2.24) is 15.0 Å². The van der Waals surface area contributed by atoms with Crippen molar-refractivity contribution in [3.63, 3.8) is 0 Å². The number of nitrogens with zero attached hydrogens (tertiary/aromatic N) is 3. The van der Waals surface area contributed by atoms with Gasteiger partial charge in [-0.1, -0.05) is 23.4 Å². The molecule has 0 radical (unpaired) electrons. The molecule has 7 nitrogen and oxygen atoms in total. The van der Waals surface area contributed by atoms with Crippen LogP contribution in [0, 0.1) is 0 Å². The summed E-state index contributed by atoms with van der Waals surface area (Å²) in [5, 5.41) is 9.10. The van der Waals surface area contributed by atoms with E-state index in [9.17, 15) is 8.42 Å². The lowest BCUT2D eigenvalue weighted by Gasteiger charge is -2.14. The largest absolute Gasteiger partial charge is 0.398 e. The van der Waals surface area contributed by atoms with E-state index in [1.165, 1.54) is 6.08 Å². The molecule has 0 atom stereocenters. The Labute approximate surface area is 138 Å². The number of anilines is 1. The van der Waals surface area contributed by atoms with Gasteiger partial charge in [-0.25, -0.2) is 4.68 Å². The highest BCUT2D eigenvalue weighted by Crippen LogP contribution is 2.31. The van der Waals surface area contributed by atoms with Gasteiger partial charge in [-0.15, -0.1) is 5.10 Å². The van der Waals surface area contributed by atoms with Crippen LogP contribution in [0.2, 0.25) is 0 Å². The van der Waals surface area contributed by atoms with Gasteiger partial charge in [0.05, 0.1) is 23.0 Å². The van der Waals surface area contributed by atoms with Gasteiger partial charge < -0.3 is 9.92 Å². The first-order valence-electron chi connectivity index (χ1n) is 7.06. The molecule has 0 saturated carbocycles. The zero-order valence-corrected chi connectivity index (χ0v) is 13.1. The fourth-order valence-corrected chi connectivity index (χ4v) is 3.29. The van der Waals surface area contributed by atoms with E-state index in [4.69, 9.17) is 9.92 Å². The highest BCUT2D eigenvalue weighted by atomic mass is 32.2. The number of fused-ring (bicyclic) bond motifs is 1. The number of nitrogen functional groups attached to an aromatic ring is 1. The van der Waals surface area contributed by atoms with Crippen LogP contribution in [0.25, 0.3) is 23.0 Å². The third kappa shape index (κ3) is 2.42. The van der Waals surface area contributed by atoms with E-state index in [0.29, 0.717) is 11.3 Å². The molecule has 2 aromatic carbocycles. The lowest BCUT2D eigenvalue weighted by atomic mass is 10.1. The third-order valence-electron chi connectivity index (χ3n) is 3.64. The van der Waals surface area contributed by atoms with Gasteiger partial charge in [0, 0.05) is 16.8 Å². The number of aromatic nitrogens is 3. The first-order valence-corrected chi connectivity index (χ1v) is 8.53. The first kappa shape index (κ1) is 14.5. The summed E-state index contributed by atoms with van der Waals surface area (Å²) in [6.45, 7) is 0. The molecular weight excluding hydrogens is 328 g/mol. The van der Waals surface area contributed by atoms with Crippen molar-refractivity contribution in [2.45, 2.75) is 0 Å². The molecule has 1 aliphatic heterocycles. The highest BCUT2D eigenvalue weighted by molar-refractivity contribution is 7.90. The van der Waals surface area contributed by atoms with Crippen LogP contribution in [0.1, 0.15) is 5.56 Å². The monoisotopic (exact) mass is 340 g/mol. The predicted molar refractivity (Wildman–Crippen MR) is 89.8 cm³/mol. The first-order chi connectivity index (χ1) is 11.5. The normalized spacial score (nSPS) is 14.8. The van der Waals surface area contributed by atoms with E-state index in [1.807, 2.05) is 18.2 Å². The SMILES string of the molecule is Nc1ccccc1-c1cnnn1-c1ccc2c(c1)C=CS(=O)(=O)O2. The lowest BCUT2D eigenvalue weighted by molar-refractivity contribution is 0.494. The summed E-state index contributed by atoms with van der Waals surface area (Å²) in [7, 11) is -3.65. The summed E-state index contributed by atoms with van der Waals surface area (Å²) < 4.78 is 29.5. The van der Waals surface area contributed by atoms with Crippen LogP contribution >= 0.6 is 0 Å². The Hall–Kier alpha value is -3.13. The van der Waals surface area contributed by atoms with Gasteiger partial charge in [0.15, 0.2) is 0 Å². The molecule has 120 valence electrons. The maximum absolute atomic E-state index is 11.5. The Bertz CT molecular complexity index is 1070. The summed E-state index contributed by atoms with van der Waals surface area (Å²) in [4.78, 5) is 0. The molecule has 24 heavy (non-hydrogen) atoms. The molecule has 1 aromatic heterocycles. The van der Waals surface area contributed by atoms with Gasteiger partial charge in [-0.3, -0.25) is 0 Å². The molecule has 1 aliphatic rings. The smallest absolute Gasteiger partial charge is 0.332 e. The number of para-hydroxylation sites is 1. The van der Waals surface area contributed by atoms with Crippen LogP contribution in [-0.2, 0) is 10.1 Å². The van der Waals surface area contributed by atoms with Crippen LogP contribution in [0.15, 0.2) is 54.1 Å². The third-order valence-corrected chi connectivity index (χ3v) is 4.53. The number of rotatable bonds is 2. The van der Waals surface area contributed by atoms with Gasteiger partial charge in [0.25, 0.3) is 0 Å². The Kier molecular flexibility index (Phi) is 3.14. The van der Waals surface area contributed by atoms with Crippen molar-refractivity contribution in [2.24, 2.45) is 0 Å². The van der Waals surface area contributed by atoms with Gasteiger partial charge in [0.2, 0.25) is 0 Å². The Morgan fingerprint density at radius 1 is 1.12 bits per heavy atom. The summed E-state index contributed by atoms with van der Waals surface area (Å²) in [6.07, 6.45) is 3.12. The zero-order valence-electron chi connectivity index (χ0n) is 12.3. The molecule has 2 heterocycles. The fraction of sp³-hybridized carbons (Fsp3) is 0. The van der Waals surface area contributed by atoms with Crippen LogP contribution in [0.4, 0.5) is 5.69 Å². The second-order valence-electron chi connectivity index (χ2n) is 5.22. The second-order valence-corrected chi connectivity index (χ2v) is 6.64. The molecule has 0 bridgehead atoms. The molecule has 0 saturated heterocycles. The van der Waals surface area contributed by atoms with Crippen LogP contribution < -0.4 is 9.92 Å². The number of nitrogens with two attached hydrogens (primary N) is 1. The van der Waals surface area contributed by atoms with Crippen molar-refractivity contribution < 1.29 is 12.6 Å². The standard InChI is InChI=1S/C16H12N4O3S/c17-14-4-2-1-3-13(14)15-10-18-19-20(15)12-5-6-16-11(9-12)7-8-24(21,22)23-16/h1-10H,17H2. The summed E-state index contributed by atoms with van der Waals surface area (Å²) >= 11 is 0. The number of hydrogen-bond acceptors (Lipinski definition) is 6. The minimum absolute atomic E-state index is 0.280. The molecule has 3 aromatic rings. The second kappa shape index (κ2) is 5.20. The lowest BCUT2D eigenvalue weighted by Crippen LogP contribution is -2.10. The maximum Gasteiger partial charge on any atom is 0.332 e. The van der Waals surface area contributed by atoms with Crippen LogP contribution in [-0.4, -0.2) is 23.4 Å². The predicted octanol–water partition coefficient (Wildman–Crippen LogP) is 2.21. The summed E-state index contributed by atoms with van der Waals surface area (Å²) in [6, 6.07) is 12.5. The molecular formula is C16H12N4O3S. The molecule has 0 unspecified atom stereocenters. The van der Waals surface area contributed by atoms with Crippen LogP contribution in [0.5, 0.6) is 5.75 Å². The van der Waals surface area contributed by atoms with E-state index in [-0.39, 0.29) is 5.75 Å². The maximum atomic E-state index is 11.5. The highest BCUT2D eigenvalue weighted by Gasteiger charge is 2.18. The summed E-state index contributed by atoms with van der Waals surface area (Å²) in [5.41, 5.74) is 9.57. The molecule has 0 aliphatic carbocycles. The number of hydrogen-bond donors (Lipinski definition) is 1. The number of benzene rings is 2. The molecule has 0 fully saturated rings. The average molecular weight is 340 g/mol. The van der Waals surface area contributed by atoms with Crippen molar-refractivity contribution in [3.8, 4) is 22.7 Å². The minimum atomic E-state index is -3.65. The Morgan fingerprint density at radius 3 is 2.79 bits per heavy atom. The Morgan fingerprint density at radius 2 is 1.96 bits per heavy atom. The van der Waals surface area contributed by atoms with Crippen molar-refractivity contribution in [3.05, 3.63) is 59.6 Å². The quantitative estimate of drug-likeness (QED) is 0.567. The average Bonchev–Trinajstić information content (AvgIpc) is 3.03. The fourth-order valence-electron chi connectivity index (χ4n) is 2.52. The van der Waals surface area contributed by atoms with Gasteiger partial charge in [0.1, 0.15) is 5.75 Å². The van der Waals surface area contributed by atoms with E-state index in [0.717, 1.165) is 22.4 Å². The molecule has 0 amide bonds. The van der Waals surface area contributed by atoms with E-state index >= 15 is 0 Å². The van der Waals surface area contributed by atoms with E-state index in [2.05, 4.69) is 10.3 Å².